The van der Waals surface area contributed by atoms with Crippen LogP contribution in [0.3, 0.4) is 0 Å². The minimum atomic E-state index is -3.36. The highest BCUT2D eigenvalue weighted by Gasteiger charge is 2.30. The van der Waals surface area contributed by atoms with Crippen LogP contribution in [0.4, 0.5) is 0 Å². The van der Waals surface area contributed by atoms with Crippen molar-refractivity contribution in [2.75, 3.05) is 33.2 Å². The summed E-state index contributed by atoms with van der Waals surface area (Å²) in [6.07, 6.45) is 0. The largest absolute Gasteiger partial charge is 0.335 e. The molecule has 2 rings (SSSR count). The Labute approximate surface area is 123 Å². The molecule has 19 heavy (non-hydrogen) atoms. The summed E-state index contributed by atoms with van der Waals surface area (Å²) in [7, 11) is -1.26. The molecule has 0 saturated carbocycles. The van der Waals surface area contributed by atoms with Gasteiger partial charge in [0.25, 0.3) is 0 Å². The second kappa shape index (κ2) is 5.52. The third kappa shape index (κ3) is 3.02. The number of likely N-dealkylation sites (N-methyl/N-ethyl adjacent to an activating group) is 1. The molecule has 4 nitrogen and oxygen atoms in total. The van der Waals surface area contributed by atoms with Crippen LogP contribution in [-0.2, 0) is 10.0 Å². The lowest BCUT2D eigenvalue weighted by molar-refractivity contribution is -0.883. The maximum absolute atomic E-state index is 12.7. The van der Waals surface area contributed by atoms with E-state index in [0.717, 1.165) is 28.7 Å². The Morgan fingerprint density at radius 1 is 1.16 bits per heavy atom. The smallest absolute Gasteiger partial charge is 0.243 e. The zero-order chi connectivity index (χ0) is 14.2. The number of rotatable bonds is 2. The molecule has 0 radical (unpaired) electrons. The van der Waals surface area contributed by atoms with Gasteiger partial charge in [-0.2, -0.15) is 4.31 Å². The summed E-state index contributed by atoms with van der Waals surface area (Å²) in [4.78, 5) is 1.82. The number of quaternary nitrogens is 1. The molecule has 0 aliphatic carbocycles. The highest BCUT2D eigenvalue weighted by Crippen LogP contribution is 2.26. The second-order valence-electron chi connectivity index (χ2n) is 5.23. The van der Waals surface area contributed by atoms with Crippen LogP contribution in [0.5, 0.6) is 0 Å². The van der Waals surface area contributed by atoms with Gasteiger partial charge in [-0.25, -0.2) is 8.42 Å². The molecule has 1 aliphatic rings. The second-order valence-corrected chi connectivity index (χ2v) is 7.99. The molecular weight excluding hydrogens is 328 g/mol. The van der Waals surface area contributed by atoms with Gasteiger partial charge in [-0.05, 0) is 37.1 Å². The van der Waals surface area contributed by atoms with Crippen molar-refractivity contribution >= 4 is 26.0 Å². The summed E-state index contributed by atoms with van der Waals surface area (Å²) < 4.78 is 27.9. The van der Waals surface area contributed by atoms with Crippen LogP contribution < -0.4 is 4.90 Å². The lowest BCUT2D eigenvalue weighted by Crippen LogP contribution is -3.12. The summed E-state index contributed by atoms with van der Waals surface area (Å²) in [6.45, 7) is 6.70. The maximum atomic E-state index is 12.7. The van der Waals surface area contributed by atoms with Gasteiger partial charge in [-0.3, -0.25) is 0 Å². The van der Waals surface area contributed by atoms with E-state index >= 15 is 0 Å². The van der Waals surface area contributed by atoms with Gasteiger partial charge in [0.2, 0.25) is 10.0 Å². The first-order chi connectivity index (χ1) is 8.82. The molecule has 1 saturated heterocycles. The Morgan fingerprint density at radius 3 is 2.32 bits per heavy atom. The molecule has 1 aliphatic heterocycles. The predicted octanol–water partition coefficient (Wildman–Crippen LogP) is 0.585. The van der Waals surface area contributed by atoms with Gasteiger partial charge in [0.1, 0.15) is 0 Å². The Bertz CT molecular complexity index is 579. The van der Waals surface area contributed by atoms with Gasteiger partial charge in [-0.1, -0.05) is 15.9 Å². The molecule has 0 unspecified atom stereocenters. The summed E-state index contributed by atoms with van der Waals surface area (Å²) in [6, 6.07) is 3.64. The topological polar surface area (TPSA) is 41.8 Å². The van der Waals surface area contributed by atoms with Crippen LogP contribution >= 0.6 is 15.9 Å². The van der Waals surface area contributed by atoms with E-state index in [-0.39, 0.29) is 0 Å². The quantitative estimate of drug-likeness (QED) is 0.850. The van der Waals surface area contributed by atoms with Crippen LogP contribution in [0.1, 0.15) is 11.1 Å². The van der Waals surface area contributed by atoms with E-state index < -0.39 is 10.0 Å². The number of halogens is 1. The molecule has 1 aromatic rings. The van der Waals surface area contributed by atoms with Crippen LogP contribution in [0.2, 0.25) is 0 Å². The molecule has 1 aromatic carbocycles. The SMILES string of the molecule is Cc1cc(S(=O)(=O)N2CC[NH+](C)CC2)c(C)cc1Br. The van der Waals surface area contributed by atoms with Crippen molar-refractivity contribution in [1.29, 1.82) is 0 Å². The van der Waals surface area contributed by atoms with E-state index in [9.17, 15) is 8.42 Å². The predicted molar refractivity (Wildman–Crippen MR) is 79.0 cm³/mol. The minimum absolute atomic E-state index is 0.438. The standard InChI is InChI=1S/C13H19BrN2O2S/c1-10-9-13(11(2)8-12(10)14)19(17,18)16-6-4-15(3)5-7-16/h8-9H,4-7H2,1-3H3/p+1. The monoisotopic (exact) mass is 347 g/mol. The van der Waals surface area contributed by atoms with Crippen molar-refractivity contribution in [3.8, 4) is 0 Å². The molecular formula is C13H20BrN2O2S+. The molecule has 0 spiro atoms. The number of benzene rings is 1. The van der Waals surface area contributed by atoms with Crippen LogP contribution in [0.25, 0.3) is 0 Å². The fraction of sp³-hybridized carbons (Fsp3) is 0.538. The van der Waals surface area contributed by atoms with Gasteiger partial charge in [-0.15, -0.1) is 0 Å². The molecule has 6 heteroatoms. The number of nitrogens with zero attached hydrogens (tertiary/aromatic N) is 1. The number of nitrogens with one attached hydrogen (secondary N) is 1. The van der Waals surface area contributed by atoms with E-state index in [0.29, 0.717) is 18.0 Å². The molecule has 1 fully saturated rings. The third-order valence-corrected chi connectivity index (χ3v) is 6.54. The lowest BCUT2D eigenvalue weighted by Gasteiger charge is -2.29. The van der Waals surface area contributed by atoms with Crippen molar-refractivity contribution in [2.45, 2.75) is 18.7 Å². The van der Waals surface area contributed by atoms with Gasteiger partial charge >= 0.3 is 0 Å². The molecule has 0 bridgehead atoms. The molecule has 1 N–H and O–H groups in total. The van der Waals surface area contributed by atoms with E-state index in [4.69, 9.17) is 0 Å². The zero-order valence-corrected chi connectivity index (χ0v) is 13.9. The van der Waals surface area contributed by atoms with Crippen molar-refractivity contribution in [3.05, 3.63) is 27.7 Å². The molecule has 0 aromatic heterocycles. The van der Waals surface area contributed by atoms with Crippen molar-refractivity contribution in [2.24, 2.45) is 0 Å². The first-order valence-corrected chi connectivity index (χ1v) is 8.64. The van der Waals surface area contributed by atoms with E-state index in [1.54, 1.807) is 10.4 Å². The first kappa shape index (κ1) is 15.0. The molecule has 1 heterocycles. The normalized spacial score (nSPS) is 18.7. The fourth-order valence-electron chi connectivity index (χ4n) is 2.28. The highest BCUT2D eigenvalue weighted by atomic mass is 79.9. The number of hydrogen-bond donors (Lipinski definition) is 1. The molecule has 0 amide bonds. The zero-order valence-electron chi connectivity index (χ0n) is 11.5. The Hall–Kier alpha value is -0.430. The third-order valence-electron chi connectivity index (χ3n) is 3.65. The summed E-state index contributed by atoms with van der Waals surface area (Å²) in [5, 5.41) is 0. The van der Waals surface area contributed by atoms with Gasteiger partial charge < -0.3 is 4.90 Å². The number of aryl methyl sites for hydroxylation is 2. The van der Waals surface area contributed by atoms with Gasteiger partial charge in [0.05, 0.1) is 38.1 Å². The minimum Gasteiger partial charge on any atom is -0.335 e. The summed E-state index contributed by atoms with van der Waals surface area (Å²) in [5.41, 5.74) is 1.74. The fourth-order valence-corrected chi connectivity index (χ4v) is 4.47. The summed E-state index contributed by atoms with van der Waals surface area (Å²) in [5.74, 6) is 0. The average molecular weight is 348 g/mol. The maximum Gasteiger partial charge on any atom is 0.243 e. The number of sulfonamides is 1. The molecule has 0 atom stereocenters. The van der Waals surface area contributed by atoms with E-state index in [2.05, 4.69) is 23.0 Å². The first-order valence-electron chi connectivity index (χ1n) is 6.40. The van der Waals surface area contributed by atoms with Crippen molar-refractivity contribution in [3.63, 3.8) is 0 Å². The number of hydrogen-bond acceptors (Lipinski definition) is 2. The van der Waals surface area contributed by atoms with Crippen LogP contribution in [0.15, 0.2) is 21.5 Å². The van der Waals surface area contributed by atoms with Gasteiger partial charge in [0.15, 0.2) is 0 Å². The molecule has 106 valence electrons. The van der Waals surface area contributed by atoms with Crippen LogP contribution in [0, 0.1) is 13.8 Å². The summed E-state index contributed by atoms with van der Waals surface area (Å²) >= 11 is 3.44. The Morgan fingerprint density at radius 2 is 1.74 bits per heavy atom. The van der Waals surface area contributed by atoms with E-state index in [1.165, 1.54) is 4.90 Å². The average Bonchev–Trinajstić information content (AvgIpc) is 2.34. The van der Waals surface area contributed by atoms with Crippen LogP contribution in [-0.4, -0.2) is 45.9 Å². The van der Waals surface area contributed by atoms with Gasteiger partial charge in [0, 0.05) is 4.47 Å². The van der Waals surface area contributed by atoms with Crippen molar-refractivity contribution in [1.82, 2.24) is 4.31 Å². The number of piperazine rings is 1. The Kier molecular flexibility index (Phi) is 4.35. The highest BCUT2D eigenvalue weighted by molar-refractivity contribution is 9.10. The van der Waals surface area contributed by atoms with Crippen molar-refractivity contribution < 1.29 is 13.3 Å². The van der Waals surface area contributed by atoms with E-state index in [1.807, 2.05) is 19.9 Å². The lowest BCUT2D eigenvalue weighted by atomic mass is 10.2. The Balaban J connectivity index is 2.37.